The summed E-state index contributed by atoms with van der Waals surface area (Å²) in [6.45, 7) is -1.49. The summed E-state index contributed by atoms with van der Waals surface area (Å²) in [6.07, 6.45) is 0. The fourth-order valence-electron chi connectivity index (χ4n) is 1.63. The summed E-state index contributed by atoms with van der Waals surface area (Å²) in [5, 5.41) is 0. The molecule has 0 fully saturated rings. The van der Waals surface area contributed by atoms with Gasteiger partial charge in [0, 0.05) is 12.1 Å². The van der Waals surface area contributed by atoms with E-state index >= 15 is 0 Å². The summed E-state index contributed by atoms with van der Waals surface area (Å²) >= 11 is 0. The van der Waals surface area contributed by atoms with Gasteiger partial charge in [0.1, 0.15) is 0 Å². The van der Waals surface area contributed by atoms with Crippen molar-refractivity contribution in [1.82, 2.24) is 0 Å². The first-order valence-corrected chi connectivity index (χ1v) is 5.84. The molecule has 112 valence electrons. The maximum absolute atomic E-state index is 13.6. The molecule has 0 heterocycles. The molecule has 21 heavy (non-hydrogen) atoms. The normalized spacial score (nSPS) is 10.8. The van der Waals surface area contributed by atoms with Crippen LogP contribution in [0, 0.1) is 18.6 Å². The SMILES string of the molecule is Cc1ccc(F)c(Oc2cc(OC(F)F)c(F)cc2N)c1. The molecule has 0 aliphatic carbocycles. The fourth-order valence-corrected chi connectivity index (χ4v) is 1.63. The molecule has 2 N–H and O–H groups in total. The molecule has 0 aliphatic rings. The van der Waals surface area contributed by atoms with Crippen molar-refractivity contribution in [2.45, 2.75) is 13.5 Å². The monoisotopic (exact) mass is 301 g/mol. The molecule has 2 aromatic carbocycles. The zero-order chi connectivity index (χ0) is 15.6. The van der Waals surface area contributed by atoms with Gasteiger partial charge in [-0.15, -0.1) is 0 Å². The highest BCUT2D eigenvalue weighted by molar-refractivity contribution is 5.57. The molecule has 3 nitrogen and oxygen atoms in total. The van der Waals surface area contributed by atoms with Gasteiger partial charge >= 0.3 is 6.61 Å². The molecule has 7 heteroatoms. The standard InChI is InChI=1S/C14H11F4NO2/c1-7-2-3-8(15)11(4-7)20-13-6-12(21-14(17)18)9(16)5-10(13)19/h2-6,14H,19H2,1H3. The van der Waals surface area contributed by atoms with E-state index in [1.807, 2.05) is 0 Å². The smallest absolute Gasteiger partial charge is 0.387 e. The van der Waals surface area contributed by atoms with E-state index in [9.17, 15) is 17.6 Å². The van der Waals surface area contributed by atoms with Crippen LogP contribution in [-0.2, 0) is 0 Å². The number of nitrogens with two attached hydrogens (primary N) is 1. The average molecular weight is 301 g/mol. The number of hydrogen-bond donors (Lipinski definition) is 1. The lowest BCUT2D eigenvalue weighted by Gasteiger charge is -2.12. The van der Waals surface area contributed by atoms with Gasteiger partial charge in [-0.25, -0.2) is 8.78 Å². The average Bonchev–Trinajstić information content (AvgIpc) is 2.39. The molecule has 0 saturated heterocycles. The van der Waals surface area contributed by atoms with Gasteiger partial charge in [-0.05, 0) is 24.6 Å². The van der Waals surface area contributed by atoms with Crippen LogP contribution in [0.3, 0.4) is 0 Å². The van der Waals surface area contributed by atoms with Crippen LogP contribution in [0.15, 0.2) is 30.3 Å². The number of hydrogen-bond acceptors (Lipinski definition) is 3. The lowest BCUT2D eigenvalue weighted by Crippen LogP contribution is -2.05. The minimum atomic E-state index is -3.20. The van der Waals surface area contributed by atoms with Crippen LogP contribution in [0.4, 0.5) is 23.2 Å². The third kappa shape index (κ3) is 3.56. The Morgan fingerprint density at radius 1 is 0.952 bits per heavy atom. The van der Waals surface area contributed by atoms with Gasteiger partial charge in [0.25, 0.3) is 0 Å². The maximum Gasteiger partial charge on any atom is 0.387 e. The van der Waals surface area contributed by atoms with E-state index in [4.69, 9.17) is 10.5 Å². The van der Waals surface area contributed by atoms with Crippen molar-refractivity contribution in [3.05, 3.63) is 47.5 Å². The molecule has 2 aromatic rings. The van der Waals surface area contributed by atoms with Crippen LogP contribution in [0.5, 0.6) is 17.2 Å². The molecular weight excluding hydrogens is 290 g/mol. The summed E-state index contributed by atoms with van der Waals surface area (Å²) in [6, 6.07) is 5.72. The lowest BCUT2D eigenvalue weighted by molar-refractivity contribution is -0.0522. The molecule has 0 amide bonds. The van der Waals surface area contributed by atoms with Crippen molar-refractivity contribution >= 4 is 5.69 Å². The van der Waals surface area contributed by atoms with Crippen molar-refractivity contribution < 1.29 is 27.0 Å². The summed E-state index contributed by atoms with van der Waals surface area (Å²) < 4.78 is 60.5. The third-order valence-electron chi connectivity index (χ3n) is 2.59. The van der Waals surface area contributed by atoms with Crippen LogP contribution in [-0.4, -0.2) is 6.61 Å². The Morgan fingerprint density at radius 2 is 1.67 bits per heavy atom. The number of rotatable bonds is 4. The highest BCUT2D eigenvalue weighted by Crippen LogP contribution is 2.35. The minimum absolute atomic E-state index is 0.156. The summed E-state index contributed by atoms with van der Waals surface area (Å²) in [5.74, 6) is -2.80. The second kappa shape index (κ2) is 5.90. The second-order valence-electron chi connectivity index (χ2n) is 4.23. The quantitative estimate of drug-likeness (QED) is 0.678. The van der Waals surface area contributed by atoms with Crippen molar-refractivity contribution in [3.8, 4) is 17.2 Å². The van der Waals surface area contributed by atoms with Gasteiger partial charge in [-0.1, -0.05) is 6.07 Å². The molecule has 2 rings (SSSR count). The first-order chi connectivity index (χ1) is 9.86. The summed E-state index contributed by atoms with van der Waals surface area (Å²) in [7, 11) is 0. The Bertz CT molecular complexity index is 662. The summed E-state index contributed by atoms with van der Waals surface area (Å²) in [4.78, 5) is 0. The molecule has 0 unspecified atom stereocenters. The summed E-state index contributed by atoms with van der Waals surface area (Å²) in [5.41, 5.74) is 6.07. The Balaban J connectivity index is 2.37. The molecule has 0 radical (unpaired) electrons. The van der Waals surface area contributed by atoms with Crippen LogP contribution >= 0.6 is 0 Å². The van der Waals surface area contributed by atoms with E-state index in [2.05, 4.69) is 4.74 Å². The van der Waals surface area contributed by atoms with Gasteiger partial charge in [0.15, 0.2) is 28.9 Å². The predicted molar refractivity (Wildman–Crippen MR) is 68.7 cm³/mol. The Morgan fingerprint density at radius 3 is 2.33 bits per heavy atom. The van der Waals surface area contributed by atoms with Gasteiger partial charge in [-0.2, -0.15) is 8.78 Å². The Kier molecular flexibility index (Phi) is 4.21. The largest absolute Gasteiger partial charge is 0.452 e. The van der Waals surface area contributed by atoms with Gasteiger partial charge in [0.2, 0.25) is 0 Å². The first kappa shape index (κ1) is 15.0. The first-order valence-electron chi connectivity index (χ1n) is 5.84. The zero-order valence-electron chi connectivity index (χ0n) is 10.9. The number of benzene rings is 2. The molecule has 0 spiro atoms. The van der Waals surface area contributed by atoms with Gasteiger partial charge in [-0.3, -0.25) is 0 Å². The van der Waals surface area contributed by atoms with E-state index in [-0.39, 0.29) is 17.2 Å². The van der Waals surface area contributed by atoms with Crippen molar-refractivity contribution in [2.75, 3.05) is 5.73 Å². The highest BCUT2D eigenvalue weighted by atomic mass is 19.3. The molecule has 0 aromatic heterocycles. The third-order valence-corrected chi connectivity index (χ3v) is 2.59. The number of ether oxygens (including phenoxy) is 2. The maximum atomic E-state index is 13.6. The van der Waals surface area contributed by atoms with E-state index < -0.39 is 24.0 Å². The number of nitrogen functional groups attached to an aromatic ring is 1. The molecule has 0 bridgehead atoms. The molecule has 0 saturated carbocycles. The fraction of sp³-hybridized carbons (Fsp3) is 0.143. The molecule has 0 atom stereocenters. The minimum Gasteiger partial charge on any atom is -0.452 e. The molecular formula is C14H11F4NO2. The predicted octanol–water partition coefficient (Wildman–Crippen LogP) is 4.25. The van der Waals surface area contributed by atoms with Crippen molar-refractivity contribution in [1.29, 1.82) is 0 Å². The Hall–Kier alpha value is -2.44. The highest BCUT2D eigenvalue weighted by Gasteiger charge is 2.15. The van der Waals surface area contributed by atoms with Gasteiger partial charge in [0.05, 0.1) is 5.69 Å². The van der Waals surface area contributed by atoms with Crippen LogP contribution < -0.4 is 15.2 Å². The van der Waals surface area contributed by atoms with E-state index in [0.717, 1.165) is 17.7 Å². The van der Waals surface area contributed by atoms with E-state index in [1.54, 1.807) is 6.92 Å². The number of aryl methyl sites for hydroxylation is 1. The topological polar surface area (TPSA) is 44.5 Å². The second-order valence-corrected chi connectivity index (χ2v) is 4.23. The molecule has 0 aliphatic heterocycles. The van der Waals surface area contributed by atoms with Crippen molar-refractivity contribution in [3.63, 3.8) is 0 Å². The van der Waals surface area contributed by atoms with E-state index in [0.29, 0.717) is 0 Å². The van der Waals surface area contributed by atoms with Gasteiger partial charge < -0.3 is 15.2 Å². The Labute approximate surface area is 117 Å². The zero-order valence-corrected chi connectivity index (χ0v) is 10.9. The van der Waals surface area contributed by atoms with Crippen molar-refractivity contribution in [2.24, 2.45) is 0 Å². The van der Waals surface area contributed by atoms with E-state index in [1.165, 1.54) is 18.2 Å². The lowest BCUT2D eigenvalue weighted by atomic mass is 10.2. The van der Waals surface area contributed by atoms with Crippen LogP contribution in [0.2, 0.25) is 0 Å². The number of anilines is 1. The number of halogens is 4. The van der Waals surface area contributed by atoms with Crippen LogP contribution in [0.1, 0.15) is 5.56 Å². The number of alkyl halides is 2. The van der Waals surface area contributed by atoms with Crippen LogP contribution in [0.25, 0.3) is 0 Å².